The molecule has 0 radical (unpaired) electrons. The third-order valence-corrected chi connectivity index (χ3v) is 2.96. The van der Waals surface area contributed by atoms with Crippen LogP contribution in [0.3, 0.4) is 0 Å². The van der Waals surface area contributed by atoms with Crippen LogP contribution in [0.15, 0.2) is 30.3 Å². The first-order chi connectivity index (χ1) is 8.66. The summed E-state index contributed by atoms with van der Waals surface area (Å²) in [5.74, 6) is -0.0750. The molecule has 5 nitrogen and oxygen atoms in total. The number of hydrogen-bond acceptors (Lipinski definition) is 4. The van der Waals surface area contributed by atoms with Crippen molar-refractivity contribution >= 4 is 5.91 Å². The first kappa shape index (κ1) is 13.0. The lowest BCUT2D eigenvalue weighted by atomic mass is 10.0. The molecular formula is C13H18N2O3. The van der Waals surface area contributed by atoms with Gasteiger partial charge < -0.3 is 9.84 Å². The number of hydrogen-bond donors (Lipinski definition) is 3. The summed E-state index contributed by atoms with van der Waals surface area (Å²) in [5, 5.41) is 9.73. The van der Waals surface area contributed by atoms with Crippen LogP contribution in [-0.4, -0.2) is 29.3 Å². The summed E-state index contributed by atoms with van der Waals surface area (Å²) in [6, 6.07) is 9.55. The molecule has 2 unspecified atom stereocenters. The van der Waals surface area contributed by atoms with Crippen molar-refractivity contribution in [3.63, 3.8) is 0 Å². The fourth-order valence-corrected chi connectivity index (χ4v) is 2.03. The van der Waals surface area contributed by atoms with Gasteiger partial charge in [0.2, 0.25) is 5.91 Å². The van der Waals surface area contributed by atoms with E-state index in [1.165, 1.54) is 0 Å². The van der Waals surface area contributed by atoms with Crippen molar-refractivity contribution in [1.82, 2.24) is 10.9 Å². The first-order valence-corrected chi connectivity index (χ1v) is 6.05. The Morgan fingerprint density at radius 3 is 2.72 bits per heavy atom. The normalized spacial score (nSPS) is 22.6. The topological polar surface area (TPSA) is 70.6 Å². The number of aliphatic hydroxyl groups excluding tert-OH is 1. The lowest BCUT2D eigenvalue weighted by Gasteiger charge is -2.25. The molecule has 1 aliphatic heterocycles. The van der Waals surface area contributed by atoms with Crippen molar-refractivity contribution in [2.45, 2.75) is 38.2 Å². The number of rotatable bonds is 5. The van der Waals surface area contributed by atoms with Crippen molar-refractivity contribution in [1.29, 1.82) is 0 Å². The standard InChI is InChI=1S/C13H18N2O3/c1-9(16)13(11-7-12(17)15-14-11)18-8-10-5-3-2-4-6-10/h2-6,9,11,13-14,16H,7-8H2,1H3,(H,15,17)/t9-,11?,13?/m0/s1. The summed E-state index contributed by atoms with van der Waals surface area (Å²) in [6.07, 6.45) is -0.729. The third kappa shape index (κ3) is 3.29. The Labute approximate surface area is 106 Å². The van der Waals surface area contributed by atoms with Crippen LogP contribution < -0.4 is 10.9 Å². The predicted octanol–water partition coefficient (Wildman–Crippen LogP) is 0.346. The molecule has 2 rings (SSSR count). The van der Waals surface area contributed by atoms with Crippen molar-refractivity contribution in [3.8, 4) is 0 Å². The Hall–Kier alpha value is -1.43. The van der Waals surface area contributed by atoms with E-state index in [-0.39, 0.29) is 11.9 Å². The zero-order valence-electron chi connectivity index (χ0n) is 10.3. The molecule has 18 heavy (non-hydrogen) atoms. The molecule has 1 aromatic carbocycles. The number of amides is 1. The second-order valence-corrected chi connectivity index (χ2v) is 4.50. The highest BCUT2D eigenvalue weighted by molar-refractivity contribution is 5.78. The maximum absolute atomic E-state index is 11.1. The van der Waals surface area contributed by atoms with Crippen molar-refractivity contribution < 1.29 is 14.6 Å². The molecule has 1 aliphatic rings. The van der Waals surface area contributed by atoms with Crippen molar-refractivity contribution in [3.05, 3.63) is 35.9 Å². The second kappa shape index (κ2) is 5.95. The lowest BCUT2D eigenvalue weighted by molar-refractivity contribution is -0.119. The van der Waals surface area contributed by atoms with E-state index in [4.69, 9.17) is 4.74 Å². The maximum Gasteiger partial charge on any atom is 0.235 e. The molecule has 0 bridgehead atoms. The van der Waals surface area contributed by atoms with E-state index in [1.807, 2.05) is 30.3 Å². The molecule has 1 aromatic rings. The SMILES string of the molecule is C[C@H](O)C(OCc1ccccc1)C1CC(=O)NN1. The molecule has 1 saturated heterocycles. The van der Waals surface area contributed by atoms with Crippen LogP contribution in [0.4, 0.5) is 0 Å². The zero-order chi connectivity index (χ0) is 13.0. The Kier molecular flexibility index (Phi) is 4.30. The monoisotopic (exact) mass is 250 g/mol. The van der Waals surface area contributed by atoms with Crippen molar-refractivity contribution in [2.24, 2.45) is 0 Å². The lowest BCUT2D eigenvalue weighted by Crippen LogP contribution is -2.45. The number of aliphatic hydroxyl groups is 1. The van der Waals surface area contributed by atoms with Crippen LogP contribution in [0.1, 0.15) is 18.9 Å². The predicted molar refractivity (Wildman–Crippen MR) is 66.4 cm³/mol. The van der Waals surface area contributed by atoms with Crippen LogP contribution in [-0.2, 0) is 16.1 Å². The third-order valence-electron chi connectivity index (χ3n) is 2.96. The Balaban J connectivity index is 1.93. The zero-order valence-corrected chi connectivity index (χ0v) is 10.3. The van der Waals surface area contributed by atoms with E-state index < -0.39 is 12.2 Å². The van der Waals surface area contributed by atoms with E-state index in [9.17, 15) is 9.90 Å². The maximum atomic E-state index is 11.1. The van der Waals surface area contributed by atoms with E-state index >= 15 is 0 Å². The van der Waals surface area contributed by atoms with Crippen molar-refractivity contribution in [2.75, 3.05) is 0 Å². The van der Waals surface area contributed by atoms with Crippen LogP contribution in [0.2, 0.25) is 0 Å². The molecule has 0 aromatic heterocycles. The van der Waals surface area contributed by atoms with Gasteiger partial charge in [0.15, 0.2) is 0 Å². The molecule has 1 fully saturated rings. The Bertz CT molecular complexity index is 394. The summed E-state index contributed by atoms with van der Waals surface area (Å²) in [7, 11) is 0. The average Bonchev–Trinajstić information content (AvgIpc) is 2.77. The molecule has 3 N–H and O–H groups in total. The van der Waals surface area contributed by atoms with E-state index in [1.54, 1.807) is 6.92 Å². The van der Waals surface area contributed by atoms with Gasteiger partial charge in [-0.05, 0) is 12.5 Å². The number of benzene rings is 1. The number of carbonyl (C=O) groups excluding carboxylic acids is 1. The highest BCUT2D eigenvalue weighted by Gasteiger charge is 2.32. The van der Waals surface area contributed by atoms with Gasteiger partial charge in [0, 0.05) is 6.42 Å². The van der Waals surface area contributed by atoms with Gasteiger partial charge in [0.05, 0.1) is 18.8 Å². The van der Waals surface area contributed by atoms with E-state index in [2.05, 4.69) is 10.9 Å². The van der Waals surface area contributed by atoms with E-state index in [0.717, 1.165) is 5.56 Å². The molecule has 1 amide bonds. The van der Waals surface area contributed by atoms with Crippen LogP contribution >= 0.6 is 0 Å². The minimum Gasteiger partial charge on any atom is -0.391 e. The molecule has 3 atom stereocenters. The van der Waals surface area contributed by atoms with E-state index in [0.29, 0.717) is 13.0 Å². The average molecular weight is 250 g/mol. The molecule has 0 saturated carbocycles. The van der Waals surface area contributed by atoms with Gasteiger partial charge in [-0.2, -0.15) is 0 Å². The number of ether oxygens (including phenoxy) is 1. The van der Waals surface area contributed by atoms with Crippen LogP contribution in [0.5, 0.6) is 0 Å². The smallest absolute Gasteiger partial charge is 0.235 e. The number of hydrazine groups is 1. The van der Waals surface area contributed by atoms with Crippen LogP contribution in [0, 0.1) is 0 Å². The minimum absolute atomic E-state index is 0.0750. The first-order valence-electron chi connectivity index (χ1n) is 6.05. The van der Waals surface area contributed by atoms with Gasteiger partial charge in [0.25, 0.3) is 0 Å². The number of carbonyl (C=O) groups is 1. The van der Waals surface area contributed by atoms with Gasteiger partial charge in [-0.15, -0.1) is 0 Å². The molecular weight excluding hydrogens is 232 g/mol. The molecule has 0 aliphatic carbocycles. The van der Waals surface area contributed by atoms with Gasteiger partial charge >= 0.3 is 0 Å². The highest BCUT2D eigenvalue weighted by atomic mass is 16.5. The van der Waals surface area contributed by atoms with Gasteiger partial charge in [-0.3, -0.25) is 10.2 Å². The largest absolute Gasteiger partial charge is 0.391 e. The fraction of sp³-hybridized carbons (Fsp3) is 0.462. The summed E-state index contributed by atoms with van der Waals surface area (Å²) >= 11 is 0. The quantitative estimate of drug-likeness (QED) is 0.705. The summed E-state index contributed by atoms with van der Waals surface area (Å²) in [5.41, 5.74) is 6.40. The molecule has 0 spiro atoms. The minimum atomic E-state index is -0.640. The summed E-state index contributed by atoms with van der Waals surface area (Å²) < 4.78 is 5.72. The summed E-state index contributed by atoms with van der Waals surface area (Å²) in [6.45, 7) is 2.09. The Morgan fingerprint density at radius 1 is 1.44 bits per heavy atom. The highest BCUT2D eigenvalue weighted by Crippen LogP contribution is 2.14. The molecule has 98 valence electrons. The van der Waals surface area contributed by atoms with Gasteiger partial charge in [-0.1, -0.05) is 30.3 Å². The van der Waals surface area contributed by atoms with Gasteiger partial charge in [-0.25, -0.2) is 5.43 Å². The summed E-state index contributed by atoms with van der Waals surface area (Å²) in [4.78, 5) is 11.1. The second-order valence-electron chi connectivity index (χ2n) is 4.50. The molecule has 5 heteroatoms. The number of nitrogens with one attached hydrogen (secondary N) is 2. The van der Waals surface area contributed by atoms with Crippen LogP contribution in [0.25, 0.3) is 0 Å². The Morgan fingerprint density at radius 2 is 2.17 bits per heavy atom. The molecule has 1 heterocycles. The van der Waals surface area contributed by atoms with Gasteiger partial charge in [0.1, 0.15) is 6.10 Å². The fourth-order valence-electron chi connectivity index (χ4n) is 2.03.